The normalized spacial score (nSPS) is 15.1. The summed E-state index contributed by atoms with van der Waals surface area (Å²) >= 11 is 0. The molecular weight excluding hydrogens is 306 g/mol. The first-order chi connectivity index (χ1) is 11.3. The van der Waals surface area contributed by atoms with Gasteiger partial charge in [-0.25, -0.2) is 4.79 Å². The average Bonchev–Trinajstić information content (AvgIpc) is 3.22. The standard InChI is InChI=1S/C19H21NO4/c1-11-6-12(2)8-14(7-11)19(4-5-19)18(23)20-10-15-9-16(17(21)22)13(3)24-15/h6-9H,4-5,10H2,1-3H3,(H,20,23)(H,21,22). The second-order valence-electron chi connectivity index (χ2n) is 6.63. The number of amides is 1. The molecule has 1 aliphatic carbocycles. The zero-order valence-corrected chi connectivity index (χ0v) is 14.1. The molecule has 5 heteroatoms. The lowest BCUT2D eigenvalue weighted by Gasteiger charge is -2.16. The third-order valence-corrected chi connectivity index (χ3v) is 4.58. The van der Waals surface area contributed by atoms with E-state index >= 15 is 0 Å². The molecule has 1 heterocycles. The number of carbonyl (C=O) groups is 2. The fourth-order valence-electron chi connectivity index (χ4n) is 3.20. The Hall–Kier alpha value is -2.56. The van der Waals surface area contributed by atoms with E-state index in [1.165, 1.54) is 6.07 Å². The number of nitrogens with one attached hydrogen (secondary N) is 1. The van der Waals surface area contributed by atoms with Gasteiger partial charge in [-0.2, -0.15) is 0 Å². The van der Waals surface area contributed by atoms with Gasteiger partial charge < -0.3 is 14.8 Å². The molecule has 24 heavy (non-hydrogen) atoms. The summed E-state index contributed by atoms with van der Waals surface area (Å²) < 4.78 is 5.41. The number of carboxylic acid groups (broad SMARTS) is 1. The lowest BCUT2D eigenvalue weighted by molar-refractivity contribution is -0.123. The number of aryl methyl sites for hydroxylation is 3. The summed E-state index contributed by atoms with van der Waals surface area (Å²) in [6.45, 7) is 5.86. The van der Waals surface area contributed by atoms with Crippen molar-refractivity contribution in [3.63, 3.8) is 0 Å². The van der Waals surface area contributed by atoms with Gasteiger partial charge in [-0.15, -0.1) is 0 Å². The fourth-order valence-corrected chi connectivity index (χ4v) is 3.20. The van der Waals surface area contributed by atoms with Crippen molar-refractivity contribution in [3.05, 3.63) is 58.0 Å². The maximum atomic E-state index is 12.7. The minimum absolute atomic E-state index is 0.0292. The Bertz CT molecular complexity index is 795. The van der Waals surface area contributed by atoms with Crippen LogP contribution in [-0.2, 0) is 16.8 Å². The number of furan rings is 1. The number of rotatable bonds is 5. The Labute approximate surface area is 140 Å². The third kappa shape index (κ3) is 2.94. The van der Waals surface area contributed by atoms with Crippen LogP contribution in [0.1, 0.15) is 51.4 Å². The molecule has 1 fully saturated rings. The molecule has 1 amide bonds. The molecule has 0 saturated heterocycles. The fraction of sp³-hybridized carbons (Fsp3) is 0.368. The average molecular weight is 327 g/mol. The highest BCUT2D eigenvalue weighted by atomic mass is 16.4. The number of benzene rings is 1. The maximum Gasteiger partial charge on any atom is 0.339 e. The van der Waals surface area contributed by atoms with Crippen molar-refractivity contribution in [3.8, 4) is 0 Å². The zero-order valence-electron chi connectivity index (χ0n) is 14.1. The Morgan fingerprint density at radius 2 is 1.75 bits per heavy atom. The van der Waals surface area contributed by atoms with Crippen LogP contribution in [0, 0.1) is 20.8 Å². The Morgan fingerprint density at radius 1 is 1.12 bits per heavy atom. The summed E-state index contributed by atoms with van der Waals surface area (Å²) in [5, 5.41) is 11.9. The van der Waals surface area contributed by atoms with E-state index in [1.54, 1.807) is 6.92 Å². The van der Waals surface area contributed by atoms with Crippen LogP contribution < -0.4 is 5.32 Å². The van der Waals surface area contributed by atoms with Crippen LogP contribution in [0.4, 0.5) is 0 Å². The van der Waals surface area contributed by atoms with Gasteiger partial charge in [0.25, 0.3) is 0 Å². The monoisotopic (exact) mass is 327 g/mol. The summed E-state index contributed by atoms with van der Waals surface area (Å²) in [5.41, 5.74) is 3.04. The first-order valence-electron chi connectivity index (χ1n) is 8.01. The van der Waals surface area contributed by atoms with Gasteiger partial charge >= 0.3 is 5.97 Å². The van der Waals surface area contributed by atoms with Gasteiger partial charge in [0.1, 0.15) is 17.1 Å². The van der Waals surface area contributed by atoms with E-state index in [0.29, 0.717) is 11.5 Å². The van der Waals surface area contributed by atoms with Gasteiger partial charge in [-0.3, -0.25) is 4.79 Å². The van der Waals surface area contributed by atoms with Gasteiger partial charge in [-0.05, 0) is 45.2 Å². The SMILES string of the molecule is Cc1cc(C)cc(C2(C(=O)NCc3cc(C(=O)O)c(C)o3)CC2)c1. The maximum absolute atomic E-state index is 12.7. The predicted octanol–water partition coefficient (Wildman–Crippen LogP) is 3.25. The van der Waals surface area contributed by atoms with Crippen molar-refractivity contribution in [2.75, 3.05) is 0 Å². The van der Waals surface area contributed by atoms with E-state index in [0.717, 1.165) is 29.5 Å². The quantitative estimate of drug-likeness (QED) is 0.883. The van der Waals surface area contributed by atoms with E-state index in [4.69, 9.17) is 9.52 Å². The molecule has 1 aromatic carbocycles. The first kappa shape index (κ1) is 16.3. The van der Waals surface area contributed by atoms with Crippen molar-refractivity contribution in [2.24, 2.45) is 0 Å². The summed E-state index contributed by atoms with van der Waals surface area (Å²) in [5.74, 6) is -0.252. The number of aromatic carboxylic acids is 1. The topological polar surface area (TPSA) is 79.5 Å². The Morgan fingerprint density at radius 3 is 2.25 bits per heavy atom. The molecule has 3 rings (SSSR count). The van der Waals surface area contributed by atoms with Gasteiger partial charge in [0, 0.05) is 0 Å². The highest BCUT2D eigenvalue weighted by Gasteiger charge is 2.51. The molecule has 1 aromatic heterocycles. The second kappa shape index (κ2) is 5.82. The summed E-state index contributed by atoms with van der Waals surface area (Å²) in [6.07, 6.45) is 1.67. The highest BCUT2D eigenvalue weighted by Crippen LogP contribution is 2.48. The predicted molar refractivity (Wildman–Crippen MR) is 89.1 cm³/mol. The zero-order chi connectivity index (χ0) is 17.5. The van der Waals surface area contributed by atoms with E-state index in [-0.39, 0.29) is 18.0 Å². The number of hydrogen-bond donors (Lipinski definition) is 2. The molecule has 5 nitrogen and oxygen atoms in total. The number of hydrogen-bond acceptors (Lipinski definition) is 3. The van der Waals surface area contributed by atoms with Gasteiger partial charge in [-0.1, -0.05) is 29.3 Å². The van der Waals surface area contributed by atoms with Crippen molar-refractivity contribution in [2.45, 2.75) is 45.6 Å². The second-order valence-corrected chi connectivity index (χ2v) is 6.63. The third-order valence-electron chi connectivity index (χ3n) is 4.58. The molecule has 2 N–H and O–H groups in total. The molecule has 1 saturated carbocycles. The molecule has 1 aliphatic rings. The first-order valence-corrected chi connectivity index (χ1v) is 8.01. The molecule has 0 aliphatic heterocycles. The van der Waals surface area contributed by atoms with Gasteiger partial charge in [0.05, 0.1) is 12.0 Å². The lowest BCUT2D eigenvalue weighted by atomic mass is 9.92. The van der Waals surface area contributed by atoms with Gasteiger partial charge in [0.2, 0.25) is 5.91 Å². The van der Waals surface area contributed by atoms with Crippen LogP contribution in [-0.4, -0.2) is 17.0 Å². The molecule has 126 valence electrons. The lowest BCUT2D eigenvalue weighted by Crippen LogP contribution is -2.34. The minimum Gasteiger partial charge on any atom is -0.478 e. The van der Waals surface area contributed by atoms with Crippen LogP contribution in [0.5, 0.6) is 0 Å². The van der Waals surface area contributed by atoms with Crippen LogP contribution in [0.25, 0.3) is 0 Å². The largest absolute Gasteiger partial charge is 0.478 e. The molecule has 0 bridgehead atoms. The van der Waals surface area contributed by atoms with Crippen LogP contribution in [0.15, 0.2) is 28.7 Å². The van der Waals surface area contributed by atoms with Crippen LogP contribution in [0.3, 0.4) is 0 Å². The smallest absolute Gasteiger partial charge is 0.339 e. The van der Waals surface area contributed by atoms with Crippen molar-refractivity contribution in [1.29, 1.82) is 0 Å². The van der Waals surface area contributed by atoms with Crippen molar-refractivity contribution >= 4 is 11.9 Å². The Kier molecular flexibility index (Phi) is 3.95. The summed E-state index contributed by atoms with van der Waals surface area (Å²) in [7, 11) is 0. The van der Waals surface area contributed by atoms with Gasteiger partial charge in [0.15, 0.2) is 0 Å². The minimum atomic E-state index is -1.03. The summed E-state index contributed by atoms with van der Waals surface area (Å²) in [6, 6.07) is 7.70. The van der Waals surface area contributed by atoms with E-state index in [1.807, 2.05) is 13.8 Å². The van der Waals surface area contributed by atoms with Crippen LogP contribution >= 0.6 is 0 Å². The molecule has 0 atom stereocenters. The van der Waals surface area contributed by atoms with E-state index in [2.05, 4.69) is 23.5 Å². The summed E-state index contributed by atoms with van der Waals surface area (Å²) in [4.78, 5) is 23.7. The molecule has 0 radical (unpaired) electrons. The molecule has 0 spiro atoms. The van der Waals surface area contributed by atoms with Crippen molar-refractivity contribution < 1.29 is 19.1 Å². The highest BCUT2D eigenvalue weighted by molar-refractivity contribution is 5.91. The molecular formula is C19H21NO4. The van der Waals surface area contributed by atoms with E-state index in [9.17, 15) is 9.59 Å². The number of carboxylic acids is 1. The molecule has 2 aromatic rings. The molecule has 0 unspecified atom stereocenters. The number of carbonyl (C=O) groups excluding carboxylic acids is 1. The van der Waals surface area contributed by atoms with E-state index < -0.39 is 11.4 Å². The van der Waals surface area contributed by atoms with Crippen molar-refractivity contribution in [1.82, 2.24) is 5.32 Å². The van der Waals surface area contributed by atoms with Crippen LogP contribution in [0.2, 0.25) is 0 Å². The Balaban J connectivity index is 1.73.